The minimum Gasteiger partial charge on any atom is -0.469 e. The number of nitro benzene ring substituents is 1. The summed E-state index contributed by atoms with van der Waals surface area (Å²) < 4.78 is 9.76. The van der Waals surface area contributed by atoms with Gasteiger partial charge in [-0.05, 0) is 18.1 Å². The molecule has 0 saturated heterocycles. The Morgan fingerprint density at radius 1 is 1.23 bits per heavy atom. The highest BCUT2D eigenvalue weighted by Gasteiger charge is 2.50. The molecule has 1 aliphatic carbocycles. The number of carbonyl (C=O) groups is 2. The van der Waals surface area contributed by atoms with E-state index in [1.807, 2.05) is 0 Å². The van der Waals surface area contributed by atoms with E-state index in [-0.39, 0.29) is 5.69 Å². The number of hydrogen-bond acceptors (Lipinski definition) is 6. The average molecular weight is 359 g/mol. The number of hydrogen-bond donors (Lipinski definition) is 0. The van der Waals surface area contributed by atoms with E-state index >= 15 is 0 Å². The molecule has 7 nitrogen and oxygen atoms in total. The third-order valence-electron chi connectivity index (χ3n) is 4.94. The highest BCUT2D eigenvalue weighted by Crippen LogP contribution is 2.50. The summed E-state index contributed by atoms with van der Waals surface area (Å²) >= 11 is 0. The van der Waals surface area contributed by atoms with Crippen molar-refractivity contribution in [3.63, 3.8) is 0 Å². The number of nitro groups is 1. The van der Waals surface area contributed by atoms with Crippen molar-refractivity contribution in [2.75, 3.05) is 14.2 Å². The van der Waals surface area contributed by atoms with Crippen LogP contribution in [-0.2, 0) is 19.1 Å². The number of allylic oxidation sites excluding steroid dienone is 3. The highest BCUT2D eigenvalue weighted by molar-refractivity contribution is 5.88. The maximum absolute atomic E-state index is 12.5. The summed E-state index contributed by atoms with van der Waals surface area (Å²) in [5, 5.41) is 11.4. The molecule has 3 atom stereocenters. The van der Waals surface area contributed by atoms with Gasteiger partial charge in [-0.3, -0.25) is 19.7 Å². The molecule has 0 amide bonds. The van der Waals surface area contributed by atoms with Crippen molar-refractivity contribution >= 4 is 23.2 Å². The zero-order valence-electron chi connectivity index (χ0n) is 14.9. The number of rotatable bonds is 5. The third-order valence-corrected chi connectivity index (χ3v) is 4.94. The van der Waals surface area contributed by atoms with E-state index in [1.54, 1.807) is 37.3 Å². The predicted octanol–water partition coefficient (Wildman–Crippen LogP) is 3.15. The molecule has 26 heavy (non-hydrogen) atoms. The number of benzene rings is 1. The Labute approximate surface area is 151 Å². The van der Waals surface area contributed by atoms with E-state index < -0.39 is 34.1 Å². The second-order valence-corrected chi connectivity index (χ2v) is 6.30. The van der Waals surface area contributed by atoms with Gasteiger partial charge in [-0.25, -0.2) is 0 Å². The van der Waals surface area contributed by atoms with Crippen molar-refractivity contribution < 1.29 is 24.0 Å². The lowest BCUT2D eigenvalue weighted by Gasteiger charge is -2.41. The molecule has 0 heterocycles. The number of nitrogens with zero attached hydrogens (tertiary/aromatic N) is 1. The van der Waals surface area contributed by atoms with E-state index in [1.165, 1.54) is 20.3 Å². The average Bonchev–Trinajstić information content (AvgIpc) is 2.65. The first-order chi connectivity index (χ1) is 12.3. The molecule has 1 aromatic rings. The molecule has 0 unspecified atom stereocenters. The van der Waals surface area contributed by atoms with Gasteiger partial charge in [0, 0.05) is 11.5 Å². The molecular formula is C19H21NO6. The fraction of sp³-hybridized carbons (Fsp3) is 0.368. The fourth-order valence-corrected chi connectivity index (χ4v) is 3.50. The topological polar surface area (TPSA) is 95.7 Å². The molecule has 138 valence electrons. The van der Waals surface area contributed by atoms with Crippen LogP contribution in [0.5, 0.6) is 0 Å². The molecule has 1 aromatic carbocycles. The molecule has 0 N–H and O–H groups in total. The molecule has 0 aliphatic heterocycles. The lowest BCUT2D eigenvalue weighted by molar-refractivity contribution is -0.385. The van der Waals surface area contributed by atoms with Crippen molar-refractivity contribution in [2.45, 2.75) is 13.3 Å². The summed E-state index contributed by atoms with van der Waals surface area (Å²) in [6, 6.07) is 6.17. The predicted molar refractivity (Wildman–Crippen MR) is 95.0 cm³/mol. The number of carbonyl (C=O) groups excluding carboxylic acids is 2. The van der Waals surface area contributed by atoms with E-state index in [9.17, 15) is 19.7 Å². The zero-order chi connectivity index (χ0) is 19.5. The smallest absolute Gasteiger partial charge is 0.310 e. The van der Waals surface area contributed by atoms with Gasteiger partial charge in [-0.2, -0.15) is 0 Å². The van der Waals surface area contributed by atoms with Crippen LogP contribution in [0, 0.1) is 27.4 Å². The molecule has 0 spiro atoms. The zero-order valence-corrected chi connectivity index (χ0v) is 14.9. The Balaban J connectivity index is 2.60. The maximum atomic E-state index is 12.5. The summed E-state index contributed by atoms with van der Waals surface area (Å²) in [7, 11) is 2.49. The first kappa shape index (κ1) is 19.4. The minimum absolute atomic E-state index is 0.115. The van der Waals surface area contributed by atoms with Gasteiger partial charge in [-0.15, -0.1) is 0 Å². The molecule has 1 aliphatic rings. The Morgan fingerprint density at radius 3 is 2.42 bits per heavy atom. The quantitative estimate of drug-likeness (QED) is 0.347. The third kappa shape index (κ3) is 3.24. The molecular weight excluding hydrogens is 338 g/mol. The molecule has 2 rings (SSSR count). The van der Waals surface area contributed by atoms with Crippen molar-refractivity contribution in [1.82, 2.24) is 0 Å². The van der Waals surface area contributed by atoms with Gasteiger partial charge in [0.15, 0.2) is 0 Å². The molecule has 0 fully saturated rings. The molecule has 0 saturated carbocycles. The van der Waals surface area contributed by atoms with Crippen LogP contribution in [-0.4, -0.2) is 31.1 Å². The van der Waals surface area contributed by atoms with Crippen LogP contribution in [0.2, 0.25) is 0 Å². The van der Waals surface area contributed by atoms with E-state index in [2.05, 4.69) is 6.58 Å². The van der Waals surface area contributed by atoms with Crippen LogP contribution in [0.15, 0.2) is 43.0 Å². The summed E-state index contributed by atoms with van der Waals surface area (Å²) in [6.45, 7) is 5.76. The van der Waals surface area contributed by atoms with Crippen molar-refractivity contribution in [3.05, 3.63) is 58.7 Å². The Kier molecular flexibility index (Phi) is 5.59. The number of para-hydroxylation sites is 1. The SMILES string of the molecule is C=C(c1ccccc1[N+](=O)[O-])[C@@]1(C)C=CC[C@@H](C(=O)OC)[C@@H]1C(=O)OC. The van der Waals surface area contributed by atoms with Gasteiger partial charge in [0.25, 0.3) is 5.69 Å². The fourth-order valence-electron chi connectivity index (χ4n) is 3.50. The lowest BCUT2D eigenvalue weighted by Crippen LogP contribution is -2.44. The number of ether oxygens (including phenoxy) is 2. The van der Waals surface area contributed by atoms with Gasteiger partial charge in [0.1, 0.15) is 0 Å². The Bertz CT molecular complexity index is 784. The van der Waals surface area contributed by atoms with Crippen LogP contribution >= 0.6 is 0 Å². The Hall–Kier alpha value is -2.96. The lowest BCUT2D eigenvalue weighted by atomic mass is 9.61. The van der Waals surface area contributed by atoms with E-state index in [0.29, 0.717) is 17.6 Å². The van der Waals surface area contributed by atoms with Crippen molar-refractivity contribution in [1.29, 1.82) is 0 Å². The van der Waals surface area contributed by atoms with E-state index in [0.717, 1.165) is 0 Å². The molecule has 0 radical (unpaired) electrons. The van der Waals surface area contributed by atoms with Gasteiger partial charge in [0.2, 0.25) is 0 Å². The maximum Gasteiger partial charge on any atom is 0.310 e. The van der Waals surface area contributed by atoms with Crippen LogP contribution in [0.1, 0.15) is 18.9 Å². The monoisotopic (exact) mass is 359 g/mol. The standard InChI is InChI=1S/C19H21NO6/c1-12(13-8-5-6-10-15(13)20(23)24)19(2)11-7-9-14(17(21)25-3)16(19)18(22)26-4/h5-8,10-11,14,16H,1,9H2,2-4H3/t14-,16-,19-/m1/s1. The molecule has 0 aromatic heterocycles. The van der Waals surface area contributed by atoms with Crippen LogP contribution < -0.4 is 0 Å². The largest absolute Gasteiger partial charge is 0.469 e. The van der Waals surface area contributed by atoms with Gasteiger partial charge in [-0.1, -0.05) is 37.8 Å². The Morgan fingerprint density at radius 2 is 1.85 bits per heavy atom. The second kappa shape index (κ2) is 7.51. The highest BCUT2D eigenvalue weighted by atomic mass is 16.6. The first-order valence-corrected chi connectivity index (χ1v) is 8.04. The first-order valence-electron chi connectivity index (χ1n) is 8.04. The van der Waals surface area contributed by atoms with Crippen LogP contribution in [0.4, 0.5) is 5.69 Å². The van der Waals surface area contributed by atoms with Crippen molar-refractivity contribution in [3.8, 4) is 0 Å². The summed E-state index contributed by atoms with van der Waals surface area (Å²) in [6.07, 6.45) is 3.83. The van der Waals surface area contributed by atoms with Gasteiger partial charge in [0.05, 0.1) is 36.5 Å². The minimum atomic E-state index is -1.05. The molecule has 7 heteroatoms. The van der Waals surface area contributed by atoms with Gasteiger partial charge < -0.3 is 9.47 Å². The van der Waals surface area contributed by atoms with Gasteiger partial charge >= 0.3 is 11.9 Å². The van der Waals surface area contributed by atoms with E-state index in [4.69, 9.17) is 9.47 Å². The summed E-state index contributed by atoms with van der Waals surface area (Å²) in [5.74, 6) is -2.79. The number of esters is 2. The van der Waals surface area contributed by atoms with Crippen molar-refractivity contribution in [2.24, 2.45) is 17.3 Å². The van der Waals surface area contributed by atoms with Crippen LogP contribution in [0.25, 0.3) is 5.57 Å². The number of methoxy groups -OCH3 is 2. The second-order valence-electron chi connectivity index (χ2n) is 6.30. The summed E-state index contributed by atoms with van der Waals surface area (Å²) in [5.41, 5.74) is -0.485. The molecule has 0 bridgehead atoms. The summed E-state index contributed by atoms with van der Waals surface area (Å²) in [4.78, 5) is 35.6. The normalized spacial score (nSPS) is 24.6. The van der Waals surface area contributed by atoms with Crippen LogP contribution in [0.3, 0.4) is 0 Å².